The number of nitrogens with zero attached hydrogens (tertiary/aromatic N) is 1. The van der Waals surface area contributed by atoms with Gasteiger partial charge in [0, 0.05) is 27.2 Å². The van der Waals surface area contributed by atoms with E-state index in [1.54, 1.807) is 21.3 Å². The molecule has 0 aliphatic carbocycles. The van der Waals surface area contributed by atoms with E-state index in [-0.39, 0.29) is 24.0 Å². The number of aryl methyl sites for hydroxylation is 1. The van der Waals surface area contributed by atoms with Crippen LogP contribution >= 0.6 is 24.0 Å². The Morgan fingerprint density at radius 3 is 2.34 bits per heavy atom. The normalized spacial score (nSPS) is 10.8. The summed E-state index contributed by atoms with van der Waals surface area (Å²) in [5, 5.41) is 6.67. The van der Waals surface area contributed by atoms with Crippen LogP contribution in [0.5, 0.6) is 11.5 Å². The van der Waals surface area contributed by atoms with Gasteiger partial charge in [-0.25, -0.2) is 0 Å². The fourth-order valence-corrected chi connectivity index (χ4v) is 2.70. The van der Waals surface area contributed by atoms with Gasteiger partial charge in [-0.05, 0) is 48.2 Å². The molecule has 0 aromatic heterocycles. The summed E-state index contributed by atoms with van der Waals surface area (Å²) < 4.78 is 15.9. The molecule has 2 rings (SSSR count). The molecule has 0 unspecified atom stereocenters. The van der Waals surface area contributed by atoms with Crippen LogP contribution in [0.3, 0.4) is 0 Å². The minimum atomic E-state index is 0. The van der Waals surface area contributed by atoms with Crippen LogP contribution in [0.1, 0.15) is 16.7 Å². The van der Waals surface area contributed by atoms with Crippen LogP contribution in [-0.4, -0.2) is 47.0 Å². The Bertz CT molecular complexity index is 751. The molecule has 0 spiro atoms. The largest absolute Gasteiger partial charge is 0.496 e. The van der Waals surface area contributed by atoms with Crippen molar-refractivity contribution in [3.63, 3.8) is 0 Å². The van der Waals surface area contributed by atoms with Crippen molar-refractivity contribution in [2.24, 2.45) is 4.99 Å². The highest BCUT2D eigenvalue weighted by Gasteiger charge is 2.02. The van der Waals surface area contributed by atoms with Gasteiger partial charge in [0.1, 0.15) is 18.1 Å². The monoisotopic (exact) mass is 513 g/mol. The van der Waals surface area contributed by atoms with E-state index in [2.05, 4.69) is 33.8 Å². The van der Waals surface area contributed by atoms with E-state index in [4.69, 9.17) is 14.2 Å². The molecule has 0 atom stereocenters. The molecule has 0 heterocycles. The molecule has 2 aromatic carbocycles. The molecule has 0 radical (unpaired) electrons. The topological polar surface area (TPSA) is 64.1 Å². The zero-order chi connectivity index (χ0) is 20.2. The van der Waals surface area contributed by atoms with Gasteiger partial charge in [-0.2, -0.15) is 0 Å². The predicted molar refractivity (Wildman–Crippen MR) is 129 cm³/mol. The summed E-state index contributed by atoms with van der Waals surface area (Å²) in [6.45, 7) is 4.66. The summed E-state index contributed by atoms with van der Waals surface area (Å²) in [5.74, 6) is 2.55. The second-order valence-corrected chi connectivity index (χ2v) is 6.39. The van der Waals surface area contributed by atoms with Crippen molar-refractivity contribution in [2.75, 3.05) is 41.0 Å². The molecule has 0 aliphatic heterocycles. The van der Waals surface area contributed by atoms with Gasteiger partial charge < -0.3 is 24.8 Å². The number of ether oxygens (including phenoxy) is 3. The Hall–Kier alpha value is -2.00. The molecular weight excluding hydrogens is 481 g/mol. The third-order valence-electron chi connectivity index (χ3n) is 4.34. The first kappa shape index (κ1) is 25.0. The zero-order valence-electron chi connectivity index (χ0n) is 17.7. The van der Waals surface area contributed by atoms with Crippen LogP contribution < -0.4 is 20.1 Å². The summed E-state index contributed by atoms with van der Waals surface area (Å²) in [4.78, 5) is 4.28. The molecular formula is C22H32IN3O3. The van der Waals surface area contributed by atoms with Crippen molar-refractivity contribution in [1.82, 2.24) is 10.6 Å². The van der Waals surface area contributed by atoms with E-state index in [9.17, 15) is 0 Å². The smallest absolute Gasteiger partial charge is 0.191 e. The summed E-state index contributed by atoms with van der Waals surface area (Å²) in [5.41, 5.74) is 3.53. The average molecular weight is 513 g/mol. The highest BCUT2D eigenvalue weighted by molar-refractivity contribution is 14.0. The number of methoxy groups -OCH3 is 2. The molecule has 7 heteroatoms. The summed E-state index contributed by atoms with van der Waals surface area (Å²) in [6, 6.07) is 14.3. The predicted octanol–water partition coefficient (Wildman–Crippen LogP) is 3.55. The Labute approximate surface area is 191 Å². The zero-order valence-corrected chi connectivity index (χ0v) is 20.0. The van der Waals surface area contributed by atoms with Crippen LogP contribution in [-0.2, 0) is 17.7 Å². The van der Waals surface area contributed by atoms with Crippen molar-refractivity contribution >= 4 is 29.9 Å². The maximum absolute atomic E-state index is 5.58. The average Bonchev–Trinajstić information content (AvgIpc) is 2.72. The lowest BCUT2D eigenvalue weighted by Gasteiger charge is -2.13. The van der Waals surface area contributed by atoms with E-state index in [1.807, 2.05) is 31.2 Å². The Morgan fingerprint density at radius 2 is 1.69 bits per heavy atom. The van der Waals surface area contributed by atoms with E-state index < -0.39 is 0 Å². The highest BCUT2D eigenvalue weighted by Crippen LogP contribution is 2.19. The van der Waals surface area contributed by atoms with E-state index in [0.717, 1.165) is 41.6 Å². The van der Waals surface area contributed by atoms with Gasteiger partial charge in [-0.3, -0.25) is 4.99 Å². The lowest BCUT2D eigenvalue weighted by molar-refractivity contribution is 0.146. The van der Waals surface area contributed by atoms with Crippen LogP contribution in [0, 0.1) is 6.92 Å². The number of hydrogen-bond acceptors (Lipinski definition) is 4. The van der Waals surface area contributed by atoms with Crippen molar-refractivity contribution in [3.8, 4) is 11.5 Å². The highest BCUT2D eigenvalue weighted by atomic mass is 127. The maximum Gasteiger partial charge on any atom is 0.191 e. The molecule has 0 aliphatic rings. The summed E-state index contributed by atoms with van der Waals surface area (Å²) in [7, 11) is 5.14. The first-order valence-electron chi connectivity index (χ1n) is 9.45. The number of halogens is 1. The van der Waals surface area contributed by atoms with Crippen LogP contribution in [0.2, 0.25) is 0 Å². The lowest BCUT2D eigenvalue weighted by Crippen LogP contribution is -2.37. The molecule has 29 heavy (non-hydrogen) atoms. The summed E-state index contributed by atoms with van der Waals surface area (Å²) in [6.07, 6.45) is 0.894. The minimum absolute atomic E-state index is 0. The van der Waals surface area contributed by atoms with Gasteiger partial charge in [-0.1, -0.05) is 24.3 Å². The number of nitrogens with one attached hydrogen (secondary N) is 2. The number of hydrogen-bond donors (Lipinski definition) is 2. The van der Waals surface area contributed by atoms with E-state index in [0.29, 0.717) is 19.8 Å². The maximum atomic E-state index is 5.58. The van der Waals surface area contributed by atoms with Crippen LogP contribution in [0.15, 0.2) is 47.5 Å². The molecule has 6 nitrogen and oxygen atoms in total. The fourth-order valence-electron chi connectivity index (χ4n) is 2.70. The van der Waals surface area contributed by atoms with Crippen molar-refractivity contribution < 1.29 is 14.2 Å². The second kappa shape index (κ2) is 14.1. The van der Waals surface area contributed by atoms with Gasteiger partial charge in [0.05, 0.1) is 13.7 Å². The Morgan fingerprint density at radius 1 is 0.966 bits per heavy atom. The standard InChI is InChI=1S/C22H31N3O3.HI/c1-17-5-6-18(15-21(17)27-4)11-12-24-22(23-2)25-16-19-7-9-20(10-8-19)28-14-13-26-3;/h5-10,15H,11-14,16H2,1-4H3,(H2,23,24,25);1H. The first-order chi connectivity index (χ1) is 13.7. The molecule has 0 saturated carbocycles. The third-order valence-corrected chi connectivity index (χ3v) is 4.34. The molecule has 2 aromatic rings. The van der Waals surface area contributed by atoms with Gasteiger partial charge in [0.2, 0.25) is 0 Å². The molecule has 0 saturated heterocycles. The van der Waals surface area contributed by atoms with Gasteiger partial charge in [-0.15, -0.1) is 24.0 Å². The molecule has 0 fully saturated rings. The number of guanidine groups is 1. The molecule has 0 amide bonds. The Balaban J connectivity index is 0.00000420. The SMILES string of the molecule is CN=C(NCCc1ccc(C)c(OC)c1)NCc1ccc(OCCOC)cc1.I. The van der Waals surface area contributed by atoms with Gasteiger partial charge in [0.15, 0.2) is 5.96 Å². The van der Waals surface area contributed by atoms with Crippen molar-refractivity contribution in [3.05, 3.63) is 59.2 Å². The van der Waals surface area contributed by atoms with Crippen LogP contribution in [0.4, 0.5) is 0 Å². The van der Waals surface area contributed by atoms with Crippen molar-refractivity contribution in [1.29, 1.82) is 0 Å². The van der Waals surface area contributed by atoms with Crippen molar-refractivity contribution in [2.45, 2.75) is 19.9 Å². The second-order valence-electron chi connectivity index (χ2n) is 6.39. The number of benzene rings is 2. The fraction of sp³-hybridized carbons (Fsp3) is 0.409. The number of aliphatic imine (C=N–C) groups is 1. The van der Waals surface area contributed by atoms with Gasteiger partial charge in [0.25, 0.3) is 0 Å². The Kier molecular flexibility index (Phi) is 12.1. The first-order valence-corrected chi connectivity index (χ1v) is 9.45. The van der Waals surface area contributed by atoms with E-state index >= 15 is 0 Å². The van der Waals surface area contributed by atoms with Gasteiger partial charge >= 0.3 is 0 Å². The number of rotatable bonds is 10. The molecule has 0 bridgehead atoms. The van der Waals surface area contributed by atoms with Crippen LogP contribution in [0.25, 0.3) is 0 Å². The quantitative estimate of drug-likeness (QED) is 0.220. The molecule has 160 valence electrons. The van der Waals surface area contributed by atoms with E-state index in [1.165, 1.54) is 5.56 Å². The minimum Gasteiger partial charge on any atom is -0.496 e. The summed E-state index contributed by atoms with van der Waals surface area (Å²) >= 11 is 0. The lowest BCUT2D eigenvalue weighted by atomic mass is 10.1. The molecule has 2 N–H and O–H groups in total. The third kappa shape index (κ3) is 8.91.